The molecule has 1 saturated carbocycles. The Balaban J connectivity index is 1.63. The number of carbonyl (C=O) groups excluding carboxylic acids is 1. The molecule has 1 heterocycles. The molecule has 3 rings (SSSR count). The number of benzene rings is 1. The first kappa shape index (κ1) is 17.4. The summed E-state index contributed by atoms with van der Waals surface area (Å²) in [6.07, 6.45) is 6.47. The van der Waals surface area contributed by atoms with Gasteiger partial charge in [-0.3, -0.25) is 9.69 Å². The van der Waals surface area contributed by atoms with Crippen LogP contribution in [0.4, 0.5) is 0 Å². The van der Waals surface area contributed by atoms with E-state index in [2.05, 4.69) is 41.4 Å². The normalized spacial score (nSPS) is 26.2. The zero-order valence-corrected chi connectivity index (χ0v) is 14.8. The van der Waals surface area contributed by atoms with Crippen molar-refractivity contribution in [2.24, 2.45) is 11.7 Å². The Morgan fingerprint density at radius 3 is 2.58 bits per heavy atom. The summed E-state index contributed by atoms with van der Waals surface area (Å²) < 4.78 is 0. The molecule has 4 heteroatoms. The number of nitrogens with two attached hydrogens (primary N) is 1. The minimum atomic E-state index is 0.103. The molecule has 3 N–H and O–H groups in total. The van der Waals surface area contributed by atoms with Crippen LogP contribution >= 0.6 is 0 Å². The number of carbonyl (C=O) groups is 1. The van der Waals surface area contributed by atoms with Crippen molar-refractivity contribution in [1.29, 1.82) is 0 Å². The third-order valence-corrected chi connectivity index (χ3v) is 5.60. The zero-order valence-electron chi connectivity index (χ0n) is 14.8. The van der Waals surface area contributed by atoms with Crippen molar-refractivity contribution in [2.75, 3.05) is 19.6 Å². The number of nitrogens with one attached hydrogen (secondary N) is 1. The van der Waals surface area contributed by atoms with Crippen molar-refractivity contribution in [2.45, 2.75) is 57.5 Å². The van der Waals surface area contributed by atoms with Gasteiger partial charge < -0.3 is 11.1 Å². The van der Waals surface area contributed by atoms with Gasteiger partial charge in [-0.15, -0.1) is 0 Å². The van der Waals surface area contributed by atoms with Crippen LogP contribution in [-0.4, -0.2) is 36.5 Å². The first-order valence-corrected chi connectivity index (χ1v) is 9.47. The molecule has 0 spiro atoms. The summed E-state index contributed by atoms with van der Waals surface area (Å²) in [5.41, 5.74) is 8.62. The van der Waals surface area contributed by atoms with Crippen molar-refractivity contribution >= 4 is 5.91 Å². The summed E-state index contributed by atoms with van der Waals surface area (Å²) in [6.45, 7) is 5.07. The van der Waals surface area contributed by atoms with Gasteiger partial charge in [-0.1, -0.05) is 36.2 Å². The highest BCUT2D eigenvalue weighted by Gasteiger charge is 2.28. The largest absolute Gasteiger partial charge is 0.354 e. The second kappa shape index (κ2) is 8.13. The maximum atomic E-state index is 12.6. The van der Waals surface area contributed by atoms with E-state index in [4.69, 9.17) is 5.73 Å². The predicted octanol–water partition coefficient (Wildman–Crippen LogP) is 2.77. The second-order valence-electron chi connectivity index (χ2n) is 7.54. The lowest BCUT2D eigenvalue weighted by Crippen LogP contribution is -2.41. The highest BCUT2D eigenvalue weighted by Crippen LogP contribution is 2.26. The summed E-state index contributed by atoms with van der Waals surface area (Å²) in [6, 6.07) is 9.23. The molecule has 1 amide bonds. The predicted molar refractivity (Wildman–Crippen MR) is 97.7 cm³/mol. The highest BCUT2D eigenvalue weighted by atomic mass is 16.1. The molecule has 4 nitrogen and oxygen atoms in total. The molecule has 3 atom stereocenters. The molecule has 0 aromatic heterocycles. The van der Waals surface area contributed by atoms with Crippen LogP contribution in [0, 0.1) is 12.8 Å². The molecule has 3 unspecified atom stereocenters. The molecule has 0 bridgehead atoms. The van der Waals surface area contributed by atoms with E-state index in [9.17, 15) is 4.79 Å². The molecule has 1 aromatic rings. The Bertz CT molecular complexity index is 536. The minimum absolute atomic E-state index is 0.103. The van der Waals surface area contributed by atoms with E-state index < -0.39 is 0 Å². The van der Waals surface area contributed by atoms with Gasteiger partial charge >= 0.3 is 0 Å². The van der Waals surface area contributed by atoms with Gasteiger partial charge in [0, 0.05) is 18.5 Å². The second-order valence-corrected chi connectivity index (χ2v) is 7.54. The smallest absolute Gasteiger partial charge is 0.223 e. The Labute approximate surface area is 145 Å². The van der Waals surface area contributed by atoms with Crippen LogP contribution in [0.25, 0.3) is 0 Å². The van der Waals surface area contributed by atoms with Crippen molar-refractivity contribution in [3.8, 4) is 0 Å². The number of hydrogen-bond donors (Lipinski definition) is 2. The SMILES string of the molecule is Cc1ccc(C(CNC(=O)C2CCCC(N)C2)N2CCCC2)cc1. The van der Waals surface area contributed by atoms with Crippen LogP contribution < -0.4 is 11.1 Å². The fourth-order valence-electron chi connectivity index (χ4n) is 4.11. The van der Waals surface area contributed by atoms with Gasteiger partial charge in [-0.25, -0.2) is 0 Å². The van der Waals surface area contributed by atoms with E-state index in [1.165, 1.54) is 24.0 Å². The van der Waals surface area contributed by atoms with E-state index in [0.717, 1.165) is 38.8 Å². The first-order valence-electron chi connectivity index (χ1n) is 9.47. The van der Waals surface area contributed by atoms with Crippen LogP contribution in [0.1, 0.15) is 55.7 Å². The van der Waals surface area contributed by atoms with Crippen LogP contribution in [0.15, 0.2) is 24.3 Å². The van der Waals surface area contributed by atoms with Crippen molar-refractivity contribution in [3.05, 3.63) is 35.4 Å². The molecule has 132 valence electrons. The van der Waals surface area contributed by atoms with Gasteiger partial charge in [-0.2, -0.15) is 0 Å². The van der Waals surface area contributed by atoms with Crippen molar-refractivity contribution in [3.63, 3.8) is 0 Å². The summed E-state index contributed by atoms with van der Waals surface area (Å²) in [4.78, 5) is 15.1. The molecule has 24 heavy (non-hydrogen) atoms. The fraction of sp³-hybridized carbons (Fsp3) is 0.650. The topological polar surface area (TPSA) is 58.4 Å². The number of nitrogens with zero attached hydrogens (tertiary/aromatic N) is 1. The number of aryl methyl sites for hydroxylation is 1. The van der Waals surface area contributed by atoms with E-state index in [-0.39, 0.29) is 23.9 Å². The van der Waals surface area contributed by atoms with Crippen LogP contribution in [0.5, 0.6) is 0 Å². The van der Waals surface area contributed by atoms with Crippen LogP contribution in [0.3, 0.4) is 0 Å². The van der Waals surface area contributed by atoms with Crippen LogP contribution in [0.2, 0.25) is 0 Å². The molecule has 2 fully saturated rings. The maximum absolute atomic E-state index is 12.6. The minimum Gasteiger partial charge on any atom is -0.354 e. The number of rotatable bonds is 5. The van der Waals surface area contributed by atoms with Gasteiger partial charge in [0.05, 0.1) is 6.04 Å². The van der Waals surface area contributed by atoms with Gasteiger partial charge in [0.15, 0.2) is 0 Å². The quantitative estimate of drug-likeness (QED) is 0.873. The summed E-state index contributed by atoms with van der Waals surface area (Å²) in [5.74, 6) is 0.299. The summed E-state index contributed by atoms with van der Waals surface area (Å²) in [5, 5.41) is 3.23. The number of hydrogen-bond acceptors (Lipinski definition) is 3. The monoisotopic (exact) mass is 329 g/mol. The van der Waals surface area contributed by atoms with Gasteiger partial charge in [0.25, 0.3) is 0 Å². The third-order valence-electron chi connectivity index (χ3n) is 5.60. The van der Waals surface area contributed by atoms with Gasteiger partial charge in [-0.05, 0) is 57.7 Å². The molecule has 1 aliphatic heterocycles. The summed E-state index contributed by atoms with van der Waals surface area (Å²) in [7, 11) is 0. The van der Waals surface area contributed by atoms with E-state index >= 15 is 0 Å². The van der Waals surface area contributed by atoms with Gasteiger partial charge in [0.1, 0.15) is 0 Å². The Hall–Kier alpha value is -1.39. The molecule has 2 aliphatic rings. The molecule has 1 aromatic carbocycles. The van der Waals surface area contributed by atoms with Crippen molar-refractivity contribution in [1.82, 2.24) is 10.2 Å². The van der Waals surface area contributed by atoms with E-state index in [1.54, 1.807) is 0 Å². The zero-order chi connectivity index (χ0) is 16.9. The average molecular weight is 329 g/mol. The Kier molecular flexibility index (Phi) is 5.90. The highest BCUT2D eigenvalue weighted by molar-refractivity contribution is 5.78. The number of amides is 1. The van der Waals surface area contributed by atoms with Gasteiger partial charge in [0.2, 0.25) is 5.91 Å². The lowest BCUT2D eigenvalue weighted by Gasteiger charge is -2.30. The van der Waals surface area contributed by atoms with Crippen molar-refractivity contribution < 1.29 is 4.79 Å². The average Bonchev–Trinajstić information content (AvgIpc) is 3.11. The first-order chi connectivity index (χ1) is 11.6. The van der Waals surface area contributed by atoms with Crippen LogP contribution in [-0.2, 0) is 4.79 Å². The lowest BCUT2D eigenvalue weighted by molar-refractivity contribution is -0.126. The fourth-order valence-corrected chi connectivity index (χ4v) is 4.11. The molecule has 1 saturated heterocycles. The van der Waals surface area contributed by atoms with E-state index in [0.29, 0.717) is 6.54 Å². The Morgan fingerprint density at radius 2 is 1.92 bits per heavy atom. The molecular weight excluding hydrogens is 298 g/mol. The maximum Gasteiger partial charge on any atom is 0.223 e. The lowest BCUT2D eigenvalue weighted by atomic mass is 9.85. The number of likely N-dealkylation sites (tertiary alicyclic amines) is 1. The summed E-state index contributed by atoms with van der Waals surface area (Å²) >= 11 is 0. The van der Waals surface area contributed by atoms with E-state index in [1.807, 2.05) is 0 Å². The Morgan fingerprint density at radius 1 is 1.21 bits per heavy atom. The third kappa shape index (κ3) is 4.37. The molecular formula is C20H31N3O. The molecule has 1 aliphatic carbocycles. The molecule has 0 radical (unpaired) electrons. The standard InChI is InChI=1S/C20H31N3O/c1-15-7-9-16(10-8-15)19(23-11-2-3-12-23)14-22-20(24)17-5-4-6-18(21)13-17/h7-10,17-19H,2-6,11-14,21H2,1H3,(H,22,24).